The normalized spacial score (nSPS) is 21.3. The van der Waals surface area contributed by atoms with Crippen LogP contribution in [-0.2, 0) is 4.74 Å². The van der Waals surface area contributed by atoms with Crippen molar-refractivity contribution in [1.29, 1.82) is 0 Å². The SMILES string of the molecule is Fc1ccc(C(Cl)C2CCCO2)c2ccccc12. The van der Waals surface area contributed by atoms with Crippen LogP contribution in [0, 0.1) is 5.82 Å². The molecule has 0 aromatic heterocycles. The minimum atomic E-state index is -0.210. The summed E-state index contributed by atoms with van der Waals surface area (Å²) in [5.41, 5.74) is 0.959. The standard InChI is InChI=1S/C15H14ClFO/c16-15(14-6-3-9-18-14)12-7-8-13(17)11-5-2-1-4-10(11)12/h1-2,4-5,7-8,14-15H,3,6,9H2. The molecule has 2 aromatic rings. The molecule has 3 rings (SSSR count). The molecule has 0 N–H and O–H groups in total. The molecule has 1 aliphatic heterocycles. The molecule has 0 amide bonds. The van der Waals surface area contributed by atoms with E-state index >= 15 is 0 Å². The third-order valence-corrected chi connectivity index (χ3v) is 4.01. The highest BCUT2D eigenvalue weighted by atomic mass is 35.5. The van der Waals surface area contributed by atoms with E-state index in [1.807, 2.05) is 18.2 Å². The fourth-order valence-electron chi connectivity index (χ4n) is 2.56. The minimum absolute atomic E-state index is 0.0422. The number of fused-ring (bicyclic) bond motifs is 1. The molecule has 0 spiro atoms. The van der Waals surface area contributed by atoms with Gasteiger partial charge in [0.05, 0.1) is 11.5 Å². The predicted octanol–water partition coefficient (Wildman–Crippen LogP) is 4.44. The Hall–Kier alpha value is -1.12. The summed E-state index contributed by atoms with van der Waals surface area (Å²) in [5.74, 6) is -0.203. The summed E-state index contributed by atoms with van der Waals surface area (Å²) in [7, 11) is 0. The van der Waals surface area contributed by atoms with Crippen molar-refractivity contribution in [3.8, 4) is 0 Å². The van der Waals surface area contributed by atoms with Crippen LogP contribution in [0.2, 0.25) is 0 Å². The van der Waals surface area contributed by atoms with Crippen LogP contribution in [0.1, 0.15) is 23.8 Å². The molecule has 2 atom stereocenters. The first-order valence-corrected chi connectivity index (χ1v) is 6.64. The Balaban J connectivity index is 2.08. The number of alkyl halides is 1. The monoisotopic (exact) mass is 264 g/mol. The second-order valence-electron chi connectivity index (χ2n) is 4.64. The molecule has 1 fully saturated rings. The van der Waals surface area contributed by atoms with E-state index in [0.717, 1.165) is 30.4 Å². The van der Waals surface area contributed by atoms with Gasteiger partial charge in [-0.25, -0.2) is 4.39 Å². The van der Waals surface area contributed by atoms with Gasteiger partial charge in [-0.15, -0.1) is 11.6 Å². The zero-order chi connectivity index (χ0) is 12.5. The first-order valence-electron chi connectivity index (χ1n) is 6.20. The highest BCUT2D eigenvalue weighted by Gasteiger charge is 2.26. The van der Waals surface area contributed by atoms with Crippen molar-refractivity contribution >= 4 is 22.4 Å². The van der Waals surface area contributed by atoms with Crippen molar-refractivity contribution < 1.29 is 9.13 Å². The van der Waals surface area contributed by atoms with Gasteiger partial charge in [-0.05, 0) is 29.9 Å². The highest BCUT2D eigenvalue weighted by Crippen LogP contribution is 2.36. The van der Waals surface area contributed by atoms with Gasteiger partial charge in [0.15, 0.2) is 0 Å². The van der Waals surface area contributed by atoms with Crippen LogP contribution in [0.15, 0.2) is 36.4 Å². The van der Waals surface area contributed by atoms with Crippen molar-refractivity contribution in [3.63, 3.8) is 0 Å². The third-order valence-electron chi connectivity index (χ3n) is 3.49. The zero-order valence-electron chi connectivity index (χ0n) is 9.90. The number of hydrogen-bond acceptors (Lipinski definition) is 1. The molecule has 2 aromatic carbocycles. The first kappa shape index (κ1) is 11.9. The van der Waals surface area contributed by atoms with E-state index in [2.05, 4.69) is 0 Å². The molecule has 1 heterocycles. The molecular formula is C15H14ClFO. The topological polar surface area (TPSA) is 9.23 Å². The van der Waals surface area contributed by atoms with E-state index in [1.165, 1.54) is 6.07 Å². The minimum Gasteiger partial charge on any atom is -0.376 e. The highest BCUT2D eigenvalue weighted by molar-refractivity contribution is 6.22. The second kappa shape index (κ2) is 4.87. The van der Waals surface area contributed by atoms with E-state index in [1.54, 1.807) is 12.1 Å². The molecule has 1 aliphatic rings. The third kappa shape index (κ3) is 2.00. The van der Waals surface area contributed by atoms with E-state index in [0.29, 0.717) is 5.39 Å². The lowest BCUT2D eigenvalue weighted by atomic mass is 9.98. The Bertz CT molecular complexity index is 563. The fourth-order valence-corrected chi connectivity index (χ4v) is 2.95. The van der Waals surface area contributed by atoms with Crippen LogP contribution in [0.5, 0.6) is 0 Å². The van der Waals surface area contributed by atoms with Crippen LogP contribution >= 0.6 is 11.6 Å². The Morgan fingerprint density at radius 3 is 2.67 bits per heavy atom. The maximum Gasteiger partial charge on any atom is 0.131 e. The average molecular weight is 265 g/mol. The van der Waals surface area contributed by atoms with Gasteiger partial charge in [0, 0.05) is 12.0 Å². The summed E-state index contributed by atoms with van der Waals surface area (Å²) in [6, 6.07) is 10.7. The molecule has 0 bridgehead atoms. The van der Waals surface area contributed by atoms with Crippen LogP contribution < -0.4 is 0 Å². The summed E-state index contributed by atoms with van der Waals surface area (Å²) in [6.07, 6.45) is 2.06. The maximum atomic E-state index is 13.7. The number of benzene rings is 2. The van der Waals surface area contributed by atoms with Crippen LogP contribution in [0.4, 0.5) is 4.39 Å². The van der Waals surface area contributed by atoms with Crippen molar-refractivity contribution in [2.75, 3.05) is 6.61 Å². The molecule has 0 saturated carbocycles. The number of rotatable bonds is 2. The molecule has 94 valence electrons. The van der Waals surface area contributed by atoms with Gasteiger partial charge >= 0.3 is 0 Å². The smallest absolute Gasteiger partial charge is 0.131 e. The van der Waals surface area contributed by atoms with Gasteiger partial charge in [-0.1, -0.05) is 30.3 Å². The van der Waals surface area contributed by atoms with E-state index in [-0.39, 0.29) is 17.3 Å². The Kier molecular flexibility index (Phi) is 3.23. The summed E-state index contributed by atoms with van der Waals surface area (Å²) >= 11 is 6.50. The van der Waals surface area contributed by atoms with Gasteiger partial charge in [0.25, 0.3) is 0 Å². The lowest BCUT2D eigenvalue weighted by Gasteiger charge is -2.18. The van der Waals surface area contributed by atoms with Crippen molar-refractivity contribution in [1.82, 2.24) is 0 Å². The lowest BCUT2D eigenvalue weighted by molar-refractivity contribution is 0.108. The Labute approximate surface area is 111 Å². The van der Waals surface area contributed by atoms with E-state index in [4.69, 9.17) is 16.3 Å². The van der Waals surface area contributed by atoms with Gasteiger partial charge in [-0.3, -0.25) is 0 Å². The number of hydrogen-bond donors (Lipinski definition) is 0. The van der Waals surface area contributed by atoms with Crippen LogP contribution in [0.25, 0.3) is 10.8 Å². The number of halogens is 2. The zero-order valence-corrected chi connectivity index (χ0v) is 10.7. The number of ether oxygens (including phenoxy) is 1. The predicted molar refractivity (Wildman–Crippen MR) is 71.5 cm³/mol. The molecule has 2 unspecified atom stereocenters. The average Bonchev–Trinajstić information content (AvgIpc) is 2.93. The first-order chi connectivity index (χ1) is 8.77. The molecule has 0 aliphatic carbocycles. The molecular weight excluding hydrogens is 251 g/mol. The molecule has 1 saturated heterocycles. The summed E-state index contributed by atoms with van der Waals surface area (Å²) in [6.45, 7) is 0.771. The van der Waals surface area contributed by atoms with E-state index in [9.17, 15) is 4.39 Å². The largest absolute Gasteiger partial charge is 0.376 e. The van der Waals surface area contributed by atoms with Gasteiger partial charge in [-0.2, -0.15) is 0 Å². The molecule has 3 heteroatoms. The van der Waals surface area contributed by atoms with Crippen molar-refractivity contribution in [3.05, 3.63) is 47.8 Å². The van der Waals surface area contributed by atoms with Crippen LogP contribution in [0.3, 0.4) is 0 Å². The molecule has 0 radical (unpaired) electrons. The second-order valence-corrected chi connectivity index (χ2v) is 5.11. The van der Waals surface area contributed by atoms with Gasteiger partial charge in [0.2, 0.25) is 0 Å². The van der Waals surface area contributed by atoms with Gasteiger partial charge in [0.1, 0.15) is 5.82 Å². The summed E-state index contributed by atoms with van der Waals surface area (Å²) in [4.78, 5) is 0. The van der Waals surface area contributed by atoms with E-state index < -0.39 is 0 Å². The summed E-state index contributed by atoms with van der Waals surface area (Å²) in [5, 5.41) is 1.30. The fraction of sp³-hybridized carbons (Fsp3) is 0.333. The maximum absolute atomic E-state index is 13.7. The van der Waals surface area contributed by atoms with Crippen molar-refractivity contribution in [2.24, 2.45) is 0 Å². The summed E-state index contributed by atoms with van der Waals surface area (Å²) < 4.78 is 19.4. The quantitative estimate of drug-likeness (QED) is 0.729. The van der Waals surface area contributed by atoms with Crippen LogP contribution in [-0.4, -0.2) is 12.7 Å². The van der Waals surface area contributed by atoms with Gasteiger partial charge < -0.3 is 4.74 Å². The molecule has 18 heavy (non-hydrogen) atoms. The Morgan fingerprint density at radius 1 is 1.17 bits per heavy atom. The van der Waals surface area contributed by atoms with Crippen molar-refractivity contribution in [2.45, 2.75) is 24.3 Å². The molecule has 1 nitrogen and oxygen atoms in total. The lowest BCUT2D eigenvalue weighted by Crippen LogP contribution is -2.13. The Morgan fingerprint density at radius 2 is 1.94 bits per heavy atom.